The molecular weight excluding hydrogens is 402 g/mol. The molecule has 0 saturated carbocycles. The van der Waals surface area contributed by atoms with Crippen molar-refractivity contribution in [3.8, 4) is 17.1 Å². The smallest absolute Gasteiger partial charge is 0.247 e. The molecule has 1 amide bonds. The van der Waals surface area contributed by atoms with Crippen molar-refractivity contribution in [1.29, 1.82) is 0 Å². The summed E-state index contributed by atoms with van der Waals surface area (Å²) in [6, 6.07) is 19.7. The second-order valence-corrected chi connectivity index (χ2v) is 7.87. The Morgan fingerprint density at radius 3 is 2.41 bits per heavy atom. The summed E-state index contributed by atoms with van der Waals surface area (Å²) in [5, 5.41) is 12.9. The van der Waals surface area contributed by atoms with Crippen molar-refractivity contribution >= 4 is 5.91 Å². The molecule has 2 aromatic carbocycles. The highest BCUT2D eigenvalue weighted by atomic mass is 16.4. The first kappa shape index (κ1) is 21.5. The fraction of sp³-hybridized carbons (Fsp3) is 0.280. The Hall–Kier alpha value is -3.74. The zero-order valence-corrected chi connectivity index (χ0v) is 18.7. The van der Waals surface area contributed by atoms with Gasteiger partial charge in [0.1, 0.15) is 0 Å². The van der Waals surface area contributed by atoms with Gasteiger partial charge in [-0.05, 0) is 44.5 Å². The molecule has 0 spiro atoms. The van der Waals surface area contributed by atoms with Gasteiger partial charge in [0.25, 0.3) is 0 Å². The van der Waals surface area contributed by atoms with E-state index in [2.05, 4.69) is 15.3 Å². The van der Waals surface area contributed by atoms with Crippen LogP contribution in [0.3, 0.4) is 0 Å². The van der Waals surface area contributed by atoms with Crippen molar-refractivity contribution < 1.29 is 9.21 Å². The molecule has 164 valence electrons. The van der Waals surface area contributed by atoms with Gasteiger partial charge >= 0.3 is 0 Å². The van der Waals surface area contributed by atoms with Gasteiger partial charge in [-0.3, -0.25) is 4.79 Å². The summed E-state index contributed by atoms with van der Waals surface area (Å²) < 4.78 is 7.66. The number of hydrogen-bond acceptors (Lipinski definition) is 5. The first-order valence-electron chi connectivity index (χ1n) is 10.7. The molecule has 7 heteroatoms. The molecule has 4 rings (SSSR count). The summed E-state index contributed by atoms with van der Waals surface area (Å²) in [7, 11) is 1.83. The number of carbonyl (C=O) groups is 1. The van der Waals surface area contributed by atoms with E-state index in [9.17, 15) is 4.79 Å². The number of carbonyl (C=O) groups excluding carboxylic acids is 1. The van der Waals surface area contributed by atoms with Crippen molar-refractivity contribution in [2.24, 2.45) is 0 Å². The molecule has 0 aliphatic carbocycles. The van der Waals surface area contributed by atoms with Gasteiger partial charge < -0.3 is 9.32 Å². The number of nitrogens with zero attached hydrogens (tertiary/aromatic N) is 5. The summed E-state index contributed by atoms with van der Waals surface area (Å²) in [6.07, 6.45) is 1.65. The first-order valence-corrected chi connectivity index (χ1v) is 10.7. The minimum atomic E-state index is 0.0825. The molecule has 4 aromatic rings. The molecule has 0 atom stereocenters. The van der Waals surface area contributed by atoms with E-state index < -0.39 is 0 Å². The number of hydrogen-bond donors (Lipinski definition) is 0. The quantitative estimate of drug-likeness (QED) is 0.412. The van der Waals surface area contributed by atoms with Gasteiger partial charge in [-0.25, -0.2) is 4.68 Å². The lowest BCUT2D eigenvalue weighted by atomic mass is 10.1. The Morgan fingerprint density at radius 2 is 1.69 bits per heavy atom. The summed E-state index contributed by atoms with van der Waals surface area (Å²) >= 11 is 0. The Morgan fingerprint density at radius 1 is 1.00 bits per heavy atom. The molecule has 0 radical (unpaired) electrons. The van der Waals surface area contributed by atoms with Gasteiger partial charge in [-0.1, -0.05) is 36.4 Å². The molecule has 0 aliphatic heterocycles. The normalized spacial score (nSPS) is 11.0. The maximum Gasteiger partial charge on any atom is 0.247 e. The molecule has 0 aliphatic rings. The average Bonchev–Trinajstić information content (AvgIpc) is 3.40. The number of aromatic nitrogens is 4. The number of aryl methyl sites for hydroxylation is 2. The van der Waals surface area contributed by atoms with Crippen LogP contribution in [0.1, 0.15) is 35.7 Å². The van der Waals surface area contributed by atoms with Crippen molar-refractivity contribution in [2.75, 3.05) is 7.05 Å². The lowest BCUT2D eigenvalue weighted by Gasteiger charge is -2.17. The average molecular weight is 430 g/mol. The van der Waals surface area contributed by atoms with Crippen LogP contribution in [0.5, 0.6) is 0 Å². The van der Waals surface area contributed by atoms with E-state index in [1.165, 1.54) is 0 Å². The van der Waals surface area contributed by atoms with E-state index >= 15 is 0 Å². The number of rotatable bonds is 8. The summed E-state index contributed by atoms with van der Waals surface area (Å²) in [5.41, 5.74) is 4.97. The molecule has 0 unspecified atom stereocenters. The minimum absolute atomic E-state index is 0.0825. The fourth-order valence-electron chi connectivity index (χ4n) is 3.68. The first-order chi connectivity index (χ1) is 15.5. The predicted molar refractivity (Wildman–Crippen MR) is 122 cm³/mol. The van der Waals surface area contributed by atoms with Crippen LogP contribution >= 0.6 is 0 Å². The monoisotopic (exact) mass is 429 g/mol. The highest BCUT2D eigenvalue weighted by molar-refractivity contribution is 5.75. The van der Waals surface area contributed by atoms with E-state index in [0.717, 1.165) is 28.2 Å². The van der Waals surface area contributed by atoms with Crippen LogP contribution in [0.15, 0.2) is 65.1 Å². The molecule has 0 N–H and O–H groups in total. The van der Waals surface area contributed by atoms with Gasteiger partial charge in [0.05, 0.1) is 11.4 Å². The number of amides is 1. The zero-order valence-electron chi connectivity index (χ0n) is 18.7. The molecular formula is C25H27N5O2. The highest BCUT2D eigenvalue weighted by Crippen LogP contribution is 2.20. The van der Waals surface area contributed by atoms with Crippen LogP contribution in [-0.4, -0.2) is 37.8 Å². The third-order valence-corrected chi connectivity index (χ3v) is 5.53. The van der Waals surface area contributed by atoms with Crippen molar-refractivity contribution in [2.45, 2.75) is 39.7 Å². The van der Waals surface area contributed by atoms with Crippen LogP contribution in [0.25, 0.3) is 17.1 Å². The largest absolute Gasteiger partial charge is 0.421 e. The second-order valence-electron chi connectivity index (χ2n) is 7.87. The van der Waals surface area contributed by atoms with E-state index in [4.69, 9.17) is 4.42 Å². The molecule has 0 saturated heterocycles. The minimum Gasteiger partial charge on any atom is -0.421 e. The Labute approximate surface area is 187 Å². The van der Waals surface area contributed by atoms with E-state index in [-0.39, 0.29) is 5.91 Å². The zero-order chi connectivity index (χ0) is 22.5. The lowest BCUT2D eigenvalue weighted by molar-refractivity contribution is -0.130. The van der Waals surface area contributed by atoms with E-state index in [0.29, 0.717) is 37.6 Å². The maximum atomic E-state index is 12.7. The fourth-order valence-corrected chi connectivity index (χ4v) is 3.68. The molecule has 0 fully saturated rings. The Kier molecular flexibility index (Phi) is 6.44. The summed E-state index contributed by atoms with van der Waals surface area (Å²) in [5.74, 6) is 1.14. The van der Waals surface area contributed by atoms with Crippen LogP contribution in [0.4, 0.5) is 0 Å². The maximum absolute atomic E-state index is 12.7. The van der Waals surface area contributed by atoms with Gasteiger partial charge in [0.2, 0.25) is 17.7 Å². The summed E-state index contributed by atoms with van der Waals surface area (Å²) in [4.78, 5) is 14.5. The SMILES string of the molecule is Cc1nn(-c2ccccc2)c(C)c1CN(C)C(=O)CCCc1nnc(-c2ccccc2)o1. The molecule has 2 aromatic heterocycles. The number of benzene rings is 2. The van der Waals surface area contributed by atoms with Crippen molar-refractivity contribution in [1.82, 2.24) is 24.9 Å². The predicted octanol–water partition coefficient (Wildman–Crippen LogP) is 4.52. The van der Waals surface area contributed by atoms with E-state index in [1.54, 1.807) is 4.90 Å². The second kappa shape index (κ2) is 9.60. The van der Waals surface area contributed by atoms with Crippen LogP contribution < -0.4 is 0 Å². The number of para-hydroxylation sites is 1. The van der Waals surface area contributed by atoms with Crippen molar-refractivity contribution in [3.63, 3.8) is 0 Å². The Bertz CT molecular complexity index is 1180. The lowest BCUT2D eigenvalue weighted by Crippen LogP contribution is -2.26. The molecule has 32 heavy (non-hydrogen) atoms. The van der Waals surface area contributed by atoms with Gasteiger partial charge in [0.15, 0.2) is 0 Å². The van der Waals surface area contributed by atoms with Crippen LogP contribution in [0, 0.1) is 13.8 Å². The van der Waals surface area contributed by atoms with Crippen LogP contribution in [0.2, 0.25) is 0 Å². The topological polar surface area (TPSA) is 77.1 Å². The van der Waals surface area contributed by atoms with Crippen molar-refractivity contribution in [3.05, 3.63) is 83.5 Å². The van der Waals surface area contributed by atoms with Crippen LogP contribution in [-0.2, 0) is 17.8 Å². The summed E-state index contributed by atoms with van der Waals surface area (Å²) in [6.45, 7) is 4.56. The van der Waals surface area contributed by atoms with Gasteiger partial charge in [-0.2, -0.15) is 5.10 Å². The third kappa shape index (κ3) is 4.77. The standard InChI is InChI=1S/C25H27N5O2/c1-18-22(19(2)30(28-18)21-13-8-5-9-14-21)17-29(3)24(31)16-10-15-23-26-27-25(32-23)20-11-6-4-7-12-20/h4-9,11-14H,10,15-17H2,1-3H3. The third-order valence-electron chi connectivity index (χ3n) is 5.53. The van der Waals surface area contributed by atoms with Gasteiger partial charge in [0, 0.05) is 43.3 Å². The Balaban J connectivity index is 1.32. The highest BCUT2D eigenvalue weighted by Gasteiger charge is 2.17. The molecule has 2 heterocycles. The molecule has 7 nitrogen and oxygen atoms in total. The van der Waals surface area contributed by atoms with Gasteiger partial charge in [-0.15, -0.1) is 10.2 Å². The molecule has 0 bridgehead atoms. The van der Waals surface area contributed by atoms with E-state index in [1.807, 2.05) is 86.2 Å².